The minimum absolute atomic E-state index is 0.00631. The average Bonchev–Trinajstić information content (AvgIpc) is 3.12. The number of β-amino-alcohol motifs (C(OH)–C–C–N with tert-alkyl or cyclic N) is 1. The average molecular weight is 441 g/mol. The van der Waals surface area contributed by atoms with Gasteiger partial charge in [0.2, 0.25) is 5.76 Å². The first-order valence-corrected chi connectivity index (χ1v) is 10.9. The molecule has 33 heavy (non-hydrogen) atoms. The van der Waals surface area contributed by atoms with E-state index in [-0.39, 0.29) is 23.3 Å². The quantitative estimate of drug-likeness (QED) is 0.478. The van der Waals surface area contributed by atoms with Gasteiger partial charge in [0.25, 0.3) is 5.91 Å². The fraction of sp³-hybridized carbons (Fsp3) is 0.185. The monoisotopic (exact) mass is 441 g/mol. The Morgan fingerprint density at radius 3 is 2.55 bits per heavy atom. The third kappa shape index (κ3) is 3.68. The van der Waals surface area contributed by atoms with Crippen molar-refractivity contribution in [1.82, 2.24) is 4.90 Å². The van der Waals surface area contributed by atoms with Gasteiger partial charge in [0.1, 0.15) is 11.3 Å². The molecule has 3 aromatic carbocycles. The molecule has 1 aromatic heterocycles. The molecule has 6 heteroatoms. The van der Waals surface area contributed by atoms with Crippen LogP contribution in [0.15, 0.2) is 88.1 Å². The van der Waals surface area contributed by atoms with Crippen molar-refractivity contribution in [1.29, 1.82) is 0 Å². The molecule has 0 saturated heterocycles. The zero-order chi connectivity index (χ0) is 22.9. The Labute approximate surface area is 190 Å². The van der Waals surface area contributed by atoms with E-state index in [0.29, 0.717) is 28.9 Å². The molecule has 2 heterocycles. The van der Waals surface area contributed by atoms with E-state index in [2.05, 4.69) is 0 Å². The molecule has 4 aromatic rings. The number of nitrogens with zero attached hydrogens (tertiary/aromatic N) is 1. The Hall–Kier alpha value is -3.90. The number of aliphatic hydroxyl groups is 1. The number of benzene rings is 3. The van der Waals surface area contributed by atoms with E-state index in [0.717, 1.165) is 5.56 Å². The maximum Gasteiger partial charge on any atom is 0.291 e. The van der Waals surface area contributed by atoms with Gasteiger partial charge in [-0.2, -0.15) is 0 Å². The summed E-state index contributed by atoms with van der Waals surface area (Å²) in [5.74, 6) is 0.241. The molecule has 1 aliphatic heterocycles. The lowest BCUT2D eigenvalue weighted by Gasteiger charge is -2.27. The zero-order valence-electron chi connectivity index (χ0n) is 18.1. The van der Waals surface area contributed by atoms with Crippen molar-refractivity contribution in [3.8, 4) is 5.75 Å². The fourth-order valence-corrected chi connectivity index (χ4v) is 4.41. The van der Waals surface area contributed by atoms with Crippen molar-refractivity contribution in [2.24, 2.45) is 0 Å². The van der Waals surface area contributed by atoms with E-state index in [1.165, 1.54) is 4.90 Å². The molecule has 0 bridgehead atoms. The zero-order valence-corrected chi connectivity index (χ0v) is 18.1. The van der Waals surface area contributed by atoms with Crippen LogP contribution in [0.25, 0.3) is 11.0 Å². The van der Waals surface area contributed by atoms with E-state index in [1.54, 1.807) is 36.4 Å². The lowest BCUT2D eigenvalue weighted by molar-refractivity contribution is 0.0583. The van der Waals surface area contributed by atoms with Crippen LogP contribution in [0.4, 0.5) is 0 Å². The van der Waals surface area contributed by atoms with E-state index in [1.807, 2.05) is 49.4 Å². The molecule has 2 unspecified atom stereocenters. The maximum atomic E-state index is 13.5. The van der Waals surface area contributed by atoms with Gasteiger partial charge in [-0.05, 0) is 42.3 Å². The SMILES string of the molecule is CCOc1cccc(C2c3c(oc4ccccc4c3=O)C(=O)N2CC(O)c2ccccc2)c1. The maximum absolute atomic E-state index is 13.5. The Morgan fingerprint density at radius 2 is 1.76 bits per heavy atom. The van der Waals surface area contributed by atoms with E-state index in [9.17, 15) is 14.7 Å². The second-order valence-electron chi connectivity index (χ2n) is 7.96. The Kier molecular flexibility index (Phi) is 5.44. The van der Waals surface area contributed by atoms with Gasteiger partial charge in [0, 0.05) is 0 Å². The highest BCUT2D eigenvalue weighted by molar-refractivity contribution is 5.99. The number of aliphatic hydroxyl groups excluding tert-OH is 1. The molecular weight excluding hydrogens is 418 g/mol. The van der Waals surface area contributed by atoms with Gasteiger partial charge in [-0.15, -0.1) is 0 Å². The molecule has 0 fully saturated rings. The Balaban J connectivity index is 1.66. The largest absolute Gasteiger partial charge is 0.494 e. The van der Waals surface area contributed by atoms with E-state index >= 15 is 0 Å². The van der Waals surface area contributed by atoms with Crippen molar-refractivity contribution >= 4 is 16.9 Å². The van der Waals surface area contributed by atoms with Gasteiger partial charge >= 0.3 is 0 Å². The number of carbonyl (C=O) groups excluding carboxylic acids is 1. The van der Waals surface area contributed by atoms with Gasteiger partial charge in [0.05, 0.1) is 36.2 Å². The number of para-hydroxylation sites is 1. The number of ether oxygens (including phenoxy) is 1. The van der Waals surface area contributed by atoms with Gasteiger partial charge in [0.15, 0.2) is 5.43 Å². The van der Waals surface area contributed by atoms with Crippen LogP contribution in [0.2, 0.25) is 0 Å². The summed E-state index contributed by atoms with van der Waals surface area (Å²) in [7, 11) is 0. The van der Waals surface area contributed by atoms with Crippen molar-refractivity contribution in [3.05, 3.63) is 112 Å². The van der Waals surface area contributed by atoms with Crippen LogP contribution in [0.1, 0.15) is 46.3 Å². The van der Waals surface area contributed by atoms with Crippen molar-refractivity contribution in [2.75, 3.05) is 13.2 Å². The summed E-state index contributed by atoms with van der Waals surface area (Å²) in [5, 5.41) is 11.3. The third-order valence-electron chi connectivity index (χ3n) is 5.91. The van der Waals surface area contributed by atoms with Crippen LogP contribution >= 0.6 is 0 Å². The minimum atomic E-state index is -0.924. The molecule has 166 valence electrons. The summed E-state index contributed by atoms with van der Waals surface area (Å²) in [4.78, 5) is 28.5. The highest BCUT2D eigenvalue weighted by atomic mass is 16.5. The molecule has 0 spiro atoms. The van der Waals surface area contributed by atoms with Gasteiger partial charge < -0.3 is 19.2 Å². The molecule has 1 N–H and O–H groups in total. The molecule has 0 aliphatic carbocycles. The van der Waals surface area contributed by atoms with Crippen molar-refractivity contribution in [3.63, 3.8) is 0 Å². The van der Waals surface area contributed by atoms with Gasteiger partial charge in [-0.1, -0.05) is 54.6 Å². The highest BCUT2D eigenvalue weighted by Crippen LogP contribution is 2.40. The van der Waals surface area contributed by atoms with Gasteiger partial charge in [-0.3, -0.25) is 9.59 Å². The Bertz CT molecular complexity index is 1380. The second kappa shape index (κ2) is 8.56. The first-order valence-electron chi connectivity index (χ1n) is 10.9. The molecule has 5 rings (SSSR count). The van der Waals surface area contributed by atoms with Crippen LogP contribution in [0, 0.1) is 0 Å². The fourth-order valence-electron chi connectivity index (χ4n) is 4.41. The van der Waals surface area contributed by atoms with E-state index in [4.69, 9.17) is 9.15 Å². The predicted molar refractivity (Wildman–Crippen MR) is 124 cm³/mol. The number of hydrogen-bond donors (Lipinski definition) is 1. The third-order valence-corrected chi connectivity index (χ3v) is 5.91. The van der Waals surface area contributed by atoms with Crippen LogP contribution in [0.5, 0.6) is 5.75 Å². The first-order chi connectivity index (χ1) is 16.1. The highest BCUT2D eigenvalue weighted by Gasteiger charge is 2.43. The predicted octanol–water partition coefficient (Wildman–Crippen LogP) is 4.47. The number of fused-ring (bicyclic) bond motifs is 2. The van der Waals surface area contributed by atoms with Gasteiger partial charge in [-0.25, -0.2) is 0 Å². The summed E-state index contributed by atoms with van der Waals surface area (Å²) in [6, 6.07) is 22.7. The summed E-state index contributed by atoms with van der Waals surface area (Å²) < 4.78 is 11.6. The smallest absolute Gasteiger partial charge is 0.291 e. The number of hydrogen-bond acceptors (Lipinski definition) is 5. The first kappa shape index (κ1) is 21.0. The topological polar surface area (TPSA) is 80.0 Å². The normalized spacial score (nSPS) is 16.1. The molecular formula is C27H23NO5. The van der Waals surface area contributed by atoms with Crippen LogP contribution in [-0.2, 0) is 0 Å². The summed E-state index contributed by atoms with van der Waals surface area (Å²) in [6.07, 6.45) is -0.924. The molecule has 1 amide bonds. The summed E-state index contributed by atoms with van der Waals surface area (Å²) >= 11 is 0. The molecule has 0 radical (unpaired) electrons. The summed E-state index contributed by atoms with van der Waals surface area (Å²) in [6.45, 7) is 2.39. The van der Waals surface area contributed by atoms with Crippen LogP contribution < -0.4 is 10.2 Å². The lowest BCUT2D eigenvalue weighted by atomic mass is 9.98. The van der Waals surface area contributed by atoms with E-state index < -0.39 is 18.1 Å². The number of rotatable bonds is 6. The van der Waals surface area contributed by atoms with Crippen molar-refractivity contribution in [2.45, 2.75) is 19.1 Å². The summed E-state index contributed by atoms with van der Waals surface area (Å²) in [5.41, 5.74) is 1.81. The van der Waals surface area contributed by atoms with Crippen LogP contribution in [-0.4, -0.2) is 29.1 Å². The molecule has 1 aliphatic rings. The van der Waals surface area contributed by atoms with Crippen LogP contribution in [0.3, 0.4) is 0 Å². The van der Waals surface area contributed by atoms with Crippen molar-refractivity contribution < 1.29 is 19.1 Å². The minimum Gasteiger partial charge on any atom is -0.494 e. The standard InChI is InChI=1S/C27H23NO5/c1-2-32-19-12-8-11-18(15-19)24-23-25(30)20-13-6-7-14-22(20)33-26(23)27(31)28(24)16-21(29)17-9-4-3-5-10-17/h3-15,21,24,29H,2,16H2,1H3. The molecule has 2 atom stereocenters. The Morgan fingerprint density at radius 1 is 1.00 bits per heavy atom. The second-order valence-corrected chi connectivity index (χ2v) is 7.96. The molecule has 0 saturated carbocycles. The molecule has 6 nitrogen and oxygen atoms in total. The lowest BCUT2D eigenvalue weighted by Crippen LogP contribution is -2.33. The number of carbonyl (C=O) groups is 1. The number of amides is 1.